The van der Waals surface area contributed by atoms with Crippen molar-refractivity contribution in [2.24, 2.45) is 0 Å². The number of sulfone groups is 1. The summed E-state index contributed by atoms with van der Waals surface area (Å²) in [5.41, 5.74) is 1.77. The molecule has 0 saturated carbocycles. The highest BCUT2D eigenvalue weighted by molar-refractivity contribution is 7.90. The van der Waals surface area contributed by atoms with Gasteiger partial charge in [0, 0.05) is 17.5 Å². The van der Waals surface area contributed by atoms with Crippen molar-refractivity contribution in [3.05, 3.63) is 59.7 Å². The quantitative estimate of drug-likeness (QED) is 0.0894. The van der Waals surface area contributed by atoms with E-state index in [0.717, 1.165) is 31.1 Å². The van der Waals surface area contributed by atoms with Gasteiger partial charge < -0.3 is 5.32 Å². The van der Waals surface area contributed by atoms with Gasteiger partial charge in [-0.05, 0) is 42.7 Å². The van der Waals surface area contributed by atoms with Crippen LogP contribution in [0.5, 0.6) is 0 Å². The first-order valence-corrected chi connectivity index (χ1v) is 15.9. The third kappa shape index (κ3) is 11.4. The highest BCUT2D eigenvalue weighted by Crippen LogP contribution is 2.20. The van der Waals surface area contributed by atoms with E-state index in [0.29, 0.717) is 11.3 Å². The summed E-state index contributed by atoms with van der Waals surface area (Å²) >= 11 is 6.26. The first-order chi connectivity index (χ1) is 17.7. The van der Waals surface area contributed by atoms with Crippen LogP contribution in [0.4, 0.5) is 5.69 Å². The van der Waals surface area contributed by atoms with E-state index in [4.69, 9.17) is 11.6 Å². The summed E-state index contributed by atoms with van der Waals surface area (Å²) in [5, 5.41) is 1.22. The smallest absolute Gasteiger partial charge is 0.250 e. The number of hydrogen-bond acceptors (Lipinski definition) is 4. The number of ketones is 1. The highest BCUT2D eigenvalue weighted by atomic mass is 35.5. The number of unbranched alkanes of at least 4 members (excludes halogenated alkanes) is 11. The largest absolute Gasteiger partial charge is 0.324 e. The fourth-order valence-corrected chi connectivity index (χ4v) is 5.18. The summed E-state index contributed by atoms with van der Waals surface area (Å²) in [4.78, 5) is 25.8. The fraction of sp³-hybridized carbons (Fsp3) is 0.533. The van der Waals surface area contributed by atoms with E-state index in [1.807, 2.05) is 12.1 Å². The van der Waals surface area contributed by atoms with E-state index in [-0.39, 0.29) is 4.90 Å². The number of benzene rings is 2. The molecule has 1 amide bonds. The molecule has 5 nitrogen and oxygen atoms in total. The summed E-state index contributed by atoms with van der Waals surface area (Å²) in [5.74, 6) is -1.07. The molecule has 2 aromatic carbocycles. The van der Waals surface area contributed by atoms with Crippen LogP contribution in [0.25, 0.3) is 0 Å². The van der Waals surface area contributed by atoms with Crippen molar-refractivity contribution >= 4 is 38.8 Å². The molecule has 1 unspecified atom stereocenters. The molecule has 204 valence electrons. The molecule has 1 N–H and O–H groups in total. The normalized spacial score (nSPS) is 12.3. The maximum Gasteiger partial charge on any atom is 0.250 e. The number of aryl methyl sites for hydroxylation is 1. The average Bonchev–Trinajstić information content (AvgIpc) is 2.88. The SMILES string of the molecule is CCCCCCCCCCCCCCc1ccccc1C(=O)C(Cl)C(=O)Nc1ccc(S(C)(=O)=O)cc1. The Kier molecular flexibility index (Phi) is 13.9. The lowest BCUT2D eigenvalue weighted by Crippen LogP contribution is -2.31. The summed E-state index contributed by atoms with van der Waals surface area (Å²) < 4.78 is 23.2. The average molecular weight is 548 g/mol. The summed E-state index contributed by atoms with van der Waals surface area (Å²) in [6.07, 6.45) is 17.2. The highest BCUT2D eigenvalue weighted by Gasteiger charge is 2.27. The molecule has 2 rings (SSSR count). The molecule has 0 bridgehead atoms. The fourth-order valence-electron chi connectivity index (χ4n) is 4.38. The Bertz CT molecular complexity index is 1080. The number of amides is 1. The van der Waals surface area contributed by atoms with Crippen LogP contribution in [0.3, 0.4) is 0 Å². The number of halogens is 1. The molecule has 0 aliphatic heterocycles. The van der Waals surface area contributed by atoms with Crippen molar-refractivity contribution < 1.29 is 18.0 Å². The number of Topliss-reactive ketones (excluding diaryl/α,β-unsaturated/α-hetero) is 1. The zero-order valence-electron chi connectivity index (χ0n) is 22.3. The molecule has 37 heavy (non-hydrogen) atoms. The maximum absolute atomic E-state index is 13.0. The first kappa shape index (κ1) is 31.0. The van der Waals surface area contributed by atoms with Crippen molar-refractivity contribution in [1.82, 2.24) is 0 Å². The van der Waals surface area contributed by atoms with Gasteiger partial charge in [-0.25, -0.2) is 8.42 Å². The van der Waals surface area contributed by atoms with Crippen LogP contribution in [-0.4, -0.2) is 31.7 Å². The first-order valence-electron chi connectivity index (χ1n) is 13.6. The van der Waals surface area contributed by atoms with Crippen molar-refractivity contribution in [2.45, 2.75) is 101 Å². The van der Waals surface area contributed by atoms with Crippen molar-refractivity contribution in [3.63, 3.8) is 0 Å². The van der Waals surface area contributed by atoms with Gasteiger partial charge in [-0.15, -0.1) is 11.6 Å². The molecule has 0 fully saturated rings. The van der Waals surface area contributed by atoms with Gasteiger partial charge in [-0.1, -0.05) is 102 Å². The molecule has 0 heterocycles. The molecule has 0 aliphatic rings. The van der Waals surface area contributed by atoms with Gasteiger partial charge in [0.05, 0.1) is 4.90 Å². The van der Waals surface area contributed by atoms with Crippen LogP contribution >= 0.6 is 11.6 Å². The molecule has 1 atom stereocenters. The number of anilines is 1. The Balaban J connectivity index is 1.77. The lowest BCUT2D eigenvalue weighted by Gasteiger charge is -2.13. The Morgan fingerprint density at radius 2 is 1.30 bits per heavy atom. The van der Waals surface area contributed by atoms with Gasteiger partial charge in [-0.3, -0.25) is 9.59 Å². The number of carbonyl (C=O) groups excluding carboxylic acids is 2. The molecule has 0 aromatic heterocycles. The molecule has 0 saturated heterocycles. The number of alkyl halides is 1. The molecule has 7 heteroatoms. The van der Waals surface area contributed by atoms with Crippen LogP contribution in [0.1, 0.15) is 99.9 Å². The number of carbonyl (C=O) groups is 2. The van der Waals surface area contributed by atoms with Gasteiger partial charge in [0.1, 0.15) is 0 Å². The zero-order valence-corrected chi connectivity index (χ0v) is 23.9. The maximum atomic E-state index is 13.0. The Hall–Kier alpha value is -2.18. The van der Waals surface area contributed by atoms with Crippen LogP contribution in [0.15, 0.2) is 53.4 Å². The minimum Gasteiger partial charge on any atom is -0.324 e. The second-order valence-corrected chi connectivity index (χ2v) is 12.3. The Morgan fingerprint density at radius 1 is 0.784 bits per heavy atom. The van der Waals surface area contributed by atoms with Crippen LogP contribution in [0.2, 0.25) is 0 Å². The van der Waals surface area contributed by atoms with E-state index in [9.17, 15) is 18.0 Å². The molecular weight excluding hydrogens is 506 g/mol. The van der Waals surface area contributed by atoms with Gasteiger partial charge in [0.15, 0.2) is 21.0 Å². The molecule has 2 aromatic rings. The Labute approximate surface area is 228 Å². The lowest BCUT2D eigenvalue weighted by molar-refractivity contribution is -0.115. The minimum absolute atomic E-state index is 0.149. The molecule has 0 aliphatic carbocycles. The van der Waals surface area contributed by atoms with Crippen LogP contribution < -0.4 is 5.32 Å². The van der Waals surface area contributed by atoms with Gasteiger partial charge in [0.2, 0.25) is 5.91 Å². The minimum atomic E-state index is -3.33. The molecular formula is C30H42ClNO4S. The van der Waals surface area contributed by atoms with E-state index >= 15 is 0 Å². The third-order valence-corrected chi connectivity index (χ3v) is 8.12. The van der Waals surface area contributed by atoms with E-state index < -0.39 is 26.9 Å². The number of hydrogen-bond donors (Lipinski definition) is 1. The summed E-state index contributed by atoms with van der Waals surface area (Å²) in [6, 6.07) is 13.1. The zero-order chi connectivity index (χ0) is 27.1. The summed E-state index contributed by atoms with van der Waals surface area (Å²) in [6.45, 7) is 2.25. The van der Waals surface area contributed by atoms with Crippen LogP contribution in [0, 0.1) is 0 Å². The topological polar surface area (TPSA) is 80.3 Å². The summed E-state index contributed by atoms with van der Waals surface area (Å²) in [7, 11) is -3.33. The molecule has 0 radical (unpaired) electrons. The van der Waals surface area contributed by atoms with Crippen molar-refractivity contribution in [3.8, 4) is 0 Å². The standard InChI is InChI=1S/C30H42ClNO4S/c1-3-4-5-6-7-8-9-10-11-12-13-14-17-24-18-15-16-19-27(24)29(33)28(31)30(34)32-25-20-22-26(23-21-25)37(2,35)36/h15-16,18-23,28H,3-14,17H2,1-2H3,(H,32,34). The van der Waals surface area contributed by atoms with E-state index in [1.54, 1.807) is 12.1 Å². The predicted molar refractivity (Wildman–Crippen MR) is 153 cm³/mol. The van der Waals surface area contributed by atoms with E-state index in [2.05, 4.69) is 12.2 Å². The number of nitrogens with one attached hydrogen (secondary N) is 1. The molecule has 0 spiro atoms. The predicted octanol–water partition coefficient (Wildman–Crippen LogP) is 7.76. The monoisotopic (exact) mass is 547 g/mol. The van der Waals surface area contributed by atoms with Crippen molar-refractivity contribution in [1.29, 1.82) is 0 Å². The second kappa shape index (κ2) is 16.6. The van der Waals surface area contributed by atoms with E-state index in [1.165, 1.54) is 88.5 Å². The van der Waals surface area contributed by atoms with Gasteiger partial charge >= 0.3 is 0 Å². The lowest BCUT2D eigenvalue weighted by atomic mass is 9.96. The Morgan fingerprint density at radius 3 is 1.84 bits per heavy atom. The number of rotatable bonds is 18. The van der Waals surface area contributed by atoms with Gasteiger partial charge in [0.25, 0.3) is 0 Å². The van der Waals surface area contributed by atoms with Gasteiger partial charge in [-0.2, -0.15) is 0 Å². The second-order valence-electron chi connectivity index (χ2n) is 9.81. The third-order valence-electron chi connectivity index (χ3n) is 6.59. The van der Waals surface area contributed by atoms with Crippen molar-refractivity contribution in [2.75, 3.05) is 11.6 Å². The van der Waals surface area contributed by atoms with Crippen LogP contribution in [-0.2, 0) is 21.1 Å².